The smallest absolute Gasteiger partial charge is 0.0750 e. The molecule has 1 aromatic carbocycles. The number of nitrogens with two attached hydrogens (primary N) is 1. The van der Waals surface area contributed by atoms with Crippen molar-refractivity contribution in [3.8, 4) is 0 Å². The van der Waals surface area contributed by atoms with Crippen molar-refractivity contribution >= 4 is 5.69 Å². The second-order valence-corrected chi connectivity index (χ2v) is 4.96. The van der Waals surface area contributed by atoms with Gasteiger partial charge in [-0.25, -0.2) is 0 Å². The van der Waals surface area contributed by atoms with Crippen LogP contribution < -0.4 is 10.6 Å². The Morgan fingerprint density at radius 3 is 2.89 bits per heavy atom. The average molecular weight is 248 g/mol. The number of para-hydroxylation sites is 1. The van der Waals surface area contributed by atoms with Crippen molar-refractivity contribution in [1.29, 1.82) is 0 Å². The predicted molar refractivity (Wildman–Crippen MR) is 75.9 cm³/mol. The van der Waals surface area contributed by atoms with E-state index in [4.69, 9.17) is 10.5 Å². The van der Waals surface area contributed by atoms with Crippen LogP contribution >= 0.6 is 0 Å². The first-order chi connectivity index (χ1) is 8.76. The molecule has 1 saturated heterocycles. The van der Waals surface area contributed by atoms with E-state index in [-0.39, 0.29) is 0 Å². The molecular formula is C15H24N2O. The summed E-state index contributed by atoms with van der Waals surface area (Å²) in [7, 11) is 0. The number of ether oxygens (including phenoxy) is 1. The second-order valence-electron chi connectivity index (χ2n) is 4.96. The third-order valence-corrected chi connectivity index (χ3v) is 3.69. The molecule has 0 bridgehead atoms. The molecule has 1 unspecified atom stereocenters. The SMILES string of the molecule is CCN(CC1CCCO1)c1c(C)cccc1CN. The number of aryl methyl sites for hydroxylation is 1. The van der Waals surface area contributed by atoms with Gasteiger partial charge in [0.25, 0.3) is 0 Å². The first kappa shape index (κ1) is 13.4. The largest absolute Gasteiger partial charge is 0.376 e. The summed E-state index contributed by atoms with van der Waals surface area (Å²) in [5.41, 5.74) is 9.70. The van der Waals surface area contributed by atoms with E-state index in [0.29, 0.717) is 12.6 Å². The number of nitrogens with zero attached hydrogens (tertiary/aromatic N) is 1. The molecule has 0 spiro atoms. The maximum Gasteiger partial charge on any atom is 0.0750 e. The highest BCUT2D eigenvalue weighted by molar-refractivity contribution is 5.59. The van der Waals surface area contributed by atoms with Gasteiger partial charge in [0.15, 0.2) is 0 Å². The van der Waals surface area contributed by atoms with Crippen LogP contribution in [0.4, 0.5) is 5.69 Å². The lowest BCUT2D eigenvalue weighted by Gasteiger charge is -2.29. The minimum absolute atomic E-state index is 0.384. The summed E-state index contributed by atoms with van der Waals surface area (Å²) in [5, 5.41) is 0. The van der Waals surface area contributed by atoms with Crippen LogP contribution in [0.2, 0.25) is 0 Å². The summed E-state index contributed by atoms with van der Waals surface area (Å²) in [4.78, 5) is 2.41. The highest BCUT2D eigenvalue weighted by Gasteiger charge is 2.20. The molecule has 1 atom stereocenters. The van der Waals surface area contributed by atoms with Gasteiger partial charge < -0.3 is 15.4 Å². The summed E-state index contributed by atoms with van der Waals surface area (Å²) in [6.07, 6.45) is 2.76. The summed E-state index contributed by atoms with van der Waals surface area (Å²) < 4.78 is 5.75. The number of anilines is 1. The van der Waals surface area contributed by atoms with Crippen molar-refractivity contribution in [1.82, 2.24) is 0 Å². The Labute approximate surface area is 110 Å². The fraction of sp³-hybridized carbons (Fsp3) is 0.600. The van der Waals surface area contributed by atoms with Gasteiger partial charge in [-0.15, -0.1) is 0 Å². The van der Waals surface area contributed by atoms with Crippen LogP contribution in [0.3, 0.4) is 0 Å². The van der Waals surface area contributed by atoms with Crippen molar-refractivity contribution in [2.45, 2.75) is 39.3 Å². The average Bonchev–Trinajstić information content (AvgIpc) is 2.89. The van der Waals surface area contributed by atoms with Crippen LogP contribution in [-0.2, 0) is 11.3 Å². The molecule has 1 aliphatic heterocycles. The highest BCUT2D eigenvalue weighted by Crippen LogP contribution is 2.26. The molecule has 2 rings (SSSR count). The van der Waals surface area contributed by atoms with E-state index in [2.05, 4.69) is 36.9 Å². The van der Waals surface area contributed by atoms with Crippen LogP contribution in [0.5, 0.6) is 0 Å². The first-order valence-electron chi connectivity index (χ1n) is 6.91. The Morgan fingerprint density at radius 2 is 2.28 bits per heavy atom. The van der Waals surface area contributed by atoms with Gasteiger partial charge in [-0.3, -0.25) is 0 Å². The molecule has 2 N–H and O–H groups in total. The van der Waals surface area contributed by atoms with Crippen LogP contribution in [0.1, 0.15) is 30.9 Å². The molecule has 0 aliphatic carbocycles. The number of hydrogen-bond acceptors (Lipinski definition) is 3. The lowest BCUT2D eigenvalue weighted by molar-refractivity contribution is 0.115. The Kier molecular flexibility index (Phi) is 4.61. The summed E-state index contributed by atoms with van der Waals surface area (Å²) in [5.74, 6) is 0. The molecule has 1 aromatic rings. The normalized spacial score (nSPS) is 19.2. The van der Waals surface area contributed by atoms with Crippen molar-refractivity contribution in [3.05, 3.63) is 29.3 Å². The van der Waals surface area contributed by atoms with E-state index in [9.17, 15) is 0 Å². The van der Waals surface area contributed by atoms with Gasteiger partial charge in [-0.2, -0.15) is 0 Å². The fourth-order valence-electron chi connectivity index (χ4n) is 2.75. The number of likely N-dealkylation sites (N-methyl/N-ethyl adjacent to an activating group) is 1. The van der Waals surface area contributed by atoms with Crippen LogP contribution in [-0.4, -0.2) is 25.8 Å². The Morgan fingerprint density at radius 1 is 1.44 bits per heavy atom. The minimum Gasteiger partial charge on any atom is -0.376 e. The Balaban J connectivity index is 2.20. The maximum absolute atomic E-state index is 5.86. The quantitative estimate of drug-likeness (QED) is 0.870. The summed E-state index contributed by atoms with van der Waals surface area (Å²) >= 11 is 0. The van der Waals surface area contributed by atoms with Crippen molar-refractivity contribution in [2.24, 2.45) is 5.73 Å². The zero-order valence-corrected chi connectivity index (χ0v) is 11.5. The second kappa shape index (κ2) is 6.21. The third-order valence-electron chi connectivity index (χ3n) is 3.69. The monoisotopic (exact) mass is 248 g/mol. The van der Waals surface area contributed by atoms with E-state index in [1.165, 1.54) is 29.7 Å². The van der Waals surface area contributed by atoms with Gasteiger partial charge in [-0.05, 0) is 37.8 Å². The summed E-state index contributed by atoms with van der Waals surface area (Å²) in [6.45, 7) is 7.85. The maximum atomic E-state index is 5.86. The van der Waals surface area contributed by atoms with Crippen molar-refractivity contribution in [2.75, 3.05) is 24.6 Å². The molecule has 0 amide bonds. The number of benzene rings is 1. The van der Waals surface area contributed by atoms with Crippen LogP contribution in [0.25, 0.3) is 0 Å². The van der Waals surface area contributed by atoms with Gasteiger partial charge in [0, 0.05) is 31.9 Å². The van der Waals surface area contributed by atoms with E-state index in [1.54, 1.807) is 0 Å². The molecule has 1 aliphatic rings. The fourth-order valence-corrected chi connectivity index (χ4v) is 2.75. The minimum atomic E-state index is 0.384. The molecule has 0 radical (unpaired) electrons. The third kappa shape index (κ3) is 2.85. The van der Waals surface area contributed by atoms with Gasteiger partial charge in [0.2, 0.25) is 0 Å². The van der Waals surface area contributed by atoms with Gasteiger partial charge in [0.05, 0.1) is 6.10 Å². The van der Waals surface area contributed by atoms with E-state index >= 15 is 0 Å². The first-order valence-corrected chi connectivity index (χ1v) is 6.91. The molecule has 1 fully saturated rings. The molecule has 18 heavy (non-hydrogen) atoms. The Bertz CT molecular complexity index is 386. The predicted octanol–water partition coefficient (Wildman–Crippen LogP) is 2.46. The Hall–Kier alpha value is -1.06. The van der Waals surface area contributed by atoms with Crippen molar-refractivity contribution < 1.29 is 4.74 Å². The highest BCUT2D eigenvalue weighted by atomic mass is 16.5. The van der Waals surface area contributed by atoms with Crippen LogP contribution in [0, 0.1) is 6.92 Å². The van der Waals surface area contributed by atoms with E-state index < -0.39 is 0 Å². The molecule has 100 valence electrons. The summed E-state index contributed by atoms with van der Waals surface area (Å²) in [6, 6.07) is 6.37. The van der Waals surface area contributed by atoms with Crippen LogP contribution in [0.15, 0.2) is 18.2 Å². The van der Waals surface area contributed by atoms with E-state index in [0.717, 1.165) is 19.7 Å². The zero-order valence-electron chi connectivity index (χ0n) is 11.5. The van der Waals surface area contributed by atoms with E-state index in [1.807, 2.05) is 0 Å². The molecule has 0 aromatic heterocycles. The molecule has 0 saturated carbocycles. The number of hydrogen-bond donors (Lipinski definition) is 1. The van der Waals surface area contributed by atoms with Gasteiger partial charge in [0.1, 0.15) is 0 Å². The lowest BCUT2D eigenvalue weighted by Crippen LogP contribution is -2.33. The van der Waals surface area contributed by atoms with Crippen molar-refractivity contribution in [3.63, 3.8) is 0 Å². The van der Waals surface area contributed by atoms with Gasteiger partial charge in [-0.1, -0.05) is 18.2 Å². The molecule has 3 nitrogen and oxygen atoms in total. The molecule has 1 heterocycles. The molecule has 3 heteroatoms. The zero-order chi connectivity index (χ0) is 13.0. The topological polar surface area (TPSA) is 38.5 Å². The van der Waals surface area contributed by atoms with Gasteiger partial charge >= 0.3 is 0 Å². The number of rotatable bonds is 5. The molecular weight excluding hydrogens is 224 g/mol. The lowest BCUT2D eigenvalue weighted by atomic mass is 10.1. The standard InChI is InChI=1S/C15H24N2O/c1-3-17(11-14-8-5-9-18-14)15-12(2)6-4-7-13(15)10-16/h4,6-7,14H,3,5,8-11,16H2,1-2H3.